The van der Waals surface area contributed by atoms with E-state index in [-0.39, 0.29) is 0 Å². The molecule has 1 fully saturated rings. The average Bonchev–Trinajstić information content (AvgIpc) is 2.95. The van der Waals surface area contributed by atoms with Gasteiger partial charge in [-0.2, -0.15) is 0 Å². The van der Waals surface area contributed by atoms with Crippen LogP contribution >= 0.6 is 0 Å². The van der Waals surface area contributed by atoms with Gasteiger partial charge in [0.2, 0.25) is 0 Å². The fourth-order valence-electron chi connectivity index (χ4n) is 3.18. The van der Waals surface area contributed by atoms with Crippen molar-refractivity contribution in [2.45, 2.75) is 18.4 Å². The molecule has 110 valence electrons. The molecular weight excluding hydrogens is 256 g/mol. The Balaban J connectivity index is 1.74. The van der Waals surface area contributed by atoms with Crippen molar-refractivity contribution in [1.29, 1.82) is 0 Å². The van der Waals surface area contributed by atoms with Gasteiger partial charge < -0.3 is 10.2 Å². The molecule has 0 aromatic heterocycles. The van der Waals surface area contributed by atoms with E-state index in [1.54, 1.807) is 0 Å². The highest BCUT2D eigenvalue weighted by molar-refractivity contribution is 5.32. The van der Waals surface area contributed by atoms with E-state index >= 15 is 0 Å². The molecule has 2 nitrogen and oxygen atoms in total. The normalized spacial score (nSPS) is 19.2. The maximum Gasteiger partial charge on any atom is 0.0214 e. The lowest BCUT2D eigenvalue weighted by atomic mass is 9.91. The van der Waals surface area contributed by atoms with Crippen LogP contribution in [0.25, 0.3) is 0 Å². The van der Waals surface area contributed by atoms with Crippen LogP contribution in [-0.2, 0) is 0 Å². The summed E-state index contributed by atoms with van der Waals surface area (Å²) in [5.74, 6) is 0.429. The Labute approximate surface area is 127 Å². The molecule has 0 amide bonds. The number of nitrogens with one attached hydrogen (secondary N) is 1. The number of nitrogens with zero attached hydrogens (tertiary/aromatic N) is 1. The van der Waals surface area contributed by atoms with Crippen LogP contribution in [0.15, 0.2) is 60.7 Å². The summed E-state index contributed by atoms with van der Waals surface area (Å²) in [6.45, 7) is 3.38. The summed E-state index contributed by atoms with van der Waals surface area (Å²) in [5, 5.41) is 3.77. The van der Waals surface area contributed by atoms with Gasteiger partial charge in [0.15, 0.2) is 0 Å². The molecular formula is C19H24N2. The zero-order valence-electron chi connectivity index (χ0n) is 12.7. The minimum atomic E-state index is 0.429. The largest absolute Gasteiger partial charge is 0.312 e. The molecule has 1 atom stereocenters. The zero-order chi connectivity index (χ0) is 14.5. The number of hydrogen-bond donors (Lipinski definition) is 1. The van der Waals surface area contributed by atoms with Crippen LogP contribution in [-0.4, -0.2) is 37.6 Å². The summed E-state index contributed by atoms with van der Waals surface area (Å²) in [6.07, 6.45) is 1.26. The molecule has 0 aliphatic carbocycles. The minimum Gasteiger partial charge on any atom is -0.312 e. The van der Waals surface area contributed by atoms with Crippen molar-refractivity contribution in [3.05, 3.63) is 71.8 Å². The first-order valence-corrected chi connectivity index (χ1v) is 7.85. The van der Waals surface area contributed by atoms with Gasteiger partial charge in [0, 0.05) is 25.0 Å². The van der Waals surface area contributed by atoms with Crippen molar-refractivity contribution >= 4 is 0 Å². The van der Waals surface area contributed by atoms with Gasteiger partial charge in [-0.15, -0.1) is 0 Å². The molecule has 1 N–H and O–H groups in total. The Kier molecular flexibility index (Phi) is 4.69. The Morgan fingerprint density at radius 2 is 1.57 bits per heavy atom. The van der Waals surface area contributed by atoms with Gasteiger partial charge in [-0.05, 0) is 31.1 Å². The molecule has 2 aromatic carbocycles. The third-order valence-electron chi connectivity index (χ3n) is 4.41. The smallest absolute Gasteiger partial charge is 0.0214 e. The van der Waals surface area contributed by atoms with Crippen molar-refractivity contribution in [2.75, 3.05) is 26.7 Å². The van der Waals surface area contributed by atoms with Crippen molar-refractivity contribution in [3.63, 3.8) is 0 Å². The monoisotopic (exact) mass is 280 g/mol. The van der Waals surface area contributed by atoms with E-state index in [0.29, 0.717) is 12.0 Å². The van der Waals surface area contributed by atoms with Crippen LogP contribution in [0.5, 0.6) is 0 Å². The highest BCUT2D eigenvalue weighted by Crippen LogP contribution is 2.24. The Hall–Kier alpha value is -1.64. The first kappa shape index (κ1) is 14.3. The Morgan fingerprint density at radius 3 is 2.05 bits per heavy atom. The molecule has 1 aliphatic rings. The van der Waals surface area contributed by atoms with Crippen molar-refractivity contribution in [3.8, 4) is 0 Å². The average molecular weight is 280 g/mol. The van der Waals surface area contributed by atoms with Gasteiger partial charge in [-0.3, -0.25) is 0 Å². The Bertz CT molecular complexity index is 499. The van der Waals surface area contributed by atoms with Gasteiger partial charge in [0.1, 0.15) is 0 Å². The van der Waals surface area contributed by atoms with Gasteiger partial charge in [-0.1, -0.05) is 60.7 Å². The van der Waals surface area contributed by atoms with Gasteiger partial charge in [0.25, 0.3) is 0 Å². The quantitative estimate of drug-likeness (QED) is 0.905. The zero-order valence-corrected chi connectivity index (χ0v) is 12.7. The summed E-state index contributed by atoms with van der Waals surface area (Å²) in [4.78, 5) is 2.40. The number of likely N-dealkylation sites (N-methyl/N-ethyl adjacent to an activating group) is 1. The fourth-order valence-corrected chi connectivity index (χ4v) is 3.18. The van der Waals surface area contributed by atoms with Gasteiger partial charge in [0.05, 0.1) is 0 Å². The number of benzene rings is 2. The third kappa shape index (κ3) is 3.72. The van der Waals surface area contributed by atoms with Crippen LogP contribution < -0.4 is 5.32 Å². The van der Waals surface area contributed by atoms with E-state index in [9.17, 15) is 0 Å². The second-order valence-corrected chi connectivity index (χ2v) is 6.03. The molecule has 2 heteroatoms. The molecule has 0 saturated carbocycles. The maximum absolute atomic E-state index is 3.77. The summed E-state index contributed by atoms with van der Waals surface area (Å²) in [6, 6.07) is 22.3. The van der Waals surface area contributed by atoms with Crippen LogP contribution in [0.3, 0.4) is 0 Å². The molecule has 1 saturated heterocycles. The molecule has 0 radical (unpaired) electrons. The first-order chi connectivity index (χ1) is 10.3. The SMILES string of the molecule is CN1CCC(NCC(c2ccccc2)c2ccccc2)C1. The highest BCUT2D eigenvalue weighted by atomic mass is 15.2. The van der Waals surface area contributed by atoms with E-state index in [4.69, 9.17) is 0 Å². The summed E-state index contributed by atoms with van der Waals surface area (Å²) >= 11 is 0. The molecule has 1 unspecified atom stereocenters. The van der Waals surface area contributed by atoms with E-state index in [2.05, 4.69) is 77.9 Å². The van der Waals surface area contributed by atoms with Crippen LogP contribution in [0.1, 0.15) is 23.5 Å². The van der Waals surface area contributed by atoms with Gasteiger partial charge in [-0.25, -0.2) is 0 Å². The number of likely N-dealkylation sites (tertiary alicyclic amines) is 1. The Morgan fingerprint density at radius 1 is 1.00 bits per heavy atom. The summed E-state index contributed by atoms with van der Waals surface area (Å²) < 4.78 is 0. The van der Waals surface area contributed by atoms with Crippen LogP contribution in [0, 0.1) is 0 Å². The lowest BCUT2D eigenvalue weighted by molar-refractivity contribution is 0.397. The topological polar surface area (TPSA) is 15.3 Å². The minimum absolute atomic E-state index is 0.429. The molecule has 1 heterocycles. The van der Waals surface area contributed by atoms with E-state index in [1.165, 1.54) is 24.1 Å². The predicted molar refractivity (Wildman–Crippen MR) is 88.6 cm³/mol. The molecule has 0 spiro atoms. The van der Waals surface area contributed by atoms with E-state index in [0.717, 1.165) is 13.1 Å². The lowest BCUT2D eigenvalue weighted by Crippen LogP contribution is -2.34. The van der Waals surface area contributed by atoms with Crippen molar-refractivity contribution < 1.29 is 0 Å². The second-order valence-electron chi connectivity index (χ2n) is 6.03. The van der Waals surface area contributed by atoms with Crippen LogP contribution in [0.2, 0.25) is 0 Å². The molecule has 1 aliphatic heterocycles. The maximum atomic E-state index is 3.77. The van der Waals surface area contributed by atoms with Crippen molar-refractivity contribution in [2.24, 2.45) is 0 Å². The molecule has 0 bridgehead atoms. The fraction of sp³-hybridized carbons (Fsp3) is 0.368. The first-order valence-electron chi connectivity index (χ1n) is 7.85. The lowest BCUT2D eigenvalue weighted by Gasteiger charge is -2.21. The van der Waals surface area contributed by atoms with Crippen LogP contribution in [0.4, 0.5) is 0 Å². The molecule has 2 aromatic rings. The highest BCUT2D eigenvalue weighted by Gasteiger charge is 2.21. The van der Waals surface area contributed by atoms with Crippen molar-refractivity contribution in [1.82, 2.24) is 10.2 Å². The van der Waals surface area contributed by atoms with Gasteiger partial charge >= 0.3 is 0 Å². The summed E-state index contributed by atoms with van der Waals surface area (Å²) in [5.41, 5.74) is 2.78. The standard InChI is InChI=1S/C19H24N2/c1-21-13-12-18(15-21)20-14-19(16-8-4-2-5-9-16)17-10-6-3-7-11-17/h2-11,18-20H,12-15H2,1H3. The number of rotatable bonds is 5. The molecule has 3 rings (SSSR count). The third-order valence-corrected chi connectivity index (χ3v) is 4.41. The summed E-state index contributed by atoms with van der Waals surface area (Å²) in [7, 11) is 2.20. The second kappa shape index (κ2) is 6.88. The predicted octanol–water partition coefficient (Wildman–Crippen LogP) is 3.11. The molecule has 21 heavy (non-hydrogen) atoms. The van der Waals surface area contributed by atoms with E-state index in [1.807, 2.05) is 0 Å². The van der Waals surface area contributed by atoms with E-state index < -0.39 is 0 Å². The number of hydrogen-bond acceptors (Lipinski definition) is 2.